The molecule has 1 aromatic carbocycles. The molecule has 6 nitrogen and oxygen atoms in total. The highest BCUT2D eigenvalue weighted by Crippen LogP contribution is 2.33. The number of rotatable bonds is 3. The summed E-state index contributed by atoms with van der Waals surface area (Å²) in [4.78, 5) is 27.5. The molecule has 0 spiro atoms. The zero-order chi connectivity index (χ0) is 16.8. The molecule has 0 aliphatic heterocycles. The number of non-ortho nitro benzene ring substituents is 1. The van der Waals surface area contributed by atoms with Gasteiger partial charge in [-0.1, -0.05) is 32.9 Å². The maximum atomic E-state index is 11.6. The van der Waals surface area contributed by atoms with Crippen LogP contribution in [0.3, 0.4) is 0 Å². The molecule has 0 saturated heterocycles. The Kier molecular flexibility index (Phi) is 3.52. The van der Waals surface area contributed by atoms with Gasteiger partial charge in [-0.15, -0.1) is 11.3 Å². The van der Waals surface area contributed by atoms with E-state index in [0.717, 1.165) is 17.7 Å². The van der Waals surface area contributed by atoms with E-state index in [0.29, 0.717) is 16.2 Å². The number of carbonyl (C=O) groups excluding carboxylic acids is 1. The maximum absolute atomic E-state index is 11.6. The monoisotopic (exact) mass is 329 g/mol. The molecule has 0 amide bonds. The van der Waals surface area contributed by atoms with Crippen molar-refractivity contribution >= 4 is 28.3 Å². The van der Waals surface area contributed by atoms with E-state index in [1.165, 1.54) is 23.5 Å². The fourth-order valence-corrected chi connectivity index (χ4v) is 3.43. The molecule has 23 heavy (non-hydrogen) atoms. The smallest absolute Gasteiger partial charge is 0.270 e. The Morgan fingerprint density at radius 3 is 2.70 bits per heavy atom. The second-order valence-corrected chi connectivity index (χ2v) is 7.10. The van der Waals surface area contributed by atoms with Gasteiger partial charge in [0, 0.05) is 28.5 Å². The highest BCUT2D eigenvalue weighted by atomic mass is 32.1. The summed E-state index contributed by atoms with van der Waals surface area (Å²) >= 11 is 1.41. The third-order valence-corrected chi connectivity index (χ3v) is 4.40. The lowest BCUT2D eigenvalue weighted by molar-refractivity contribution is -0.384. The molecule has 0 aliphatic rings. The van der Waals surface area contributed by atoms with Crippen molar-refractivity contribution in [2.24, 2.45) is 0 Å². The van der Waals surface area contributed by atoms with Crippen LogP contribution in [0.15, 0.2) is 29.6 Å². The van der Waals surface area contributed by atoms with Crippen LogP contribution in [0.1, 0.15) is 37.0 Å². The normalized spacial score (nSPS) is 11.8. The van der Waals surface area contributed by atoms with Crippen molar-refractivity contribution in [3.05, 3.63) is 51.1 Å². The van der Waals surface area contributed by atoms with Crippen molar-refractivity contribution in [1.29, 1.82) is 0 Å². The van der Waals surface area contributed by atoms with Crippen molar-refractivity contribution in [3.8, 4) is 11.3 Å². The molecule has 7 heteroatoms. The summed E-state index contributed by atoms with van der Waals surface area (Å²) in [5.74, 6) is 0. The van der Waals surface area contributed by atoms with E-state index < -0.39 is 4.92 Å². The number of fused-ring (bicyclic) bond motifs is 1. The van der Waals surface area contributed by atoms with Gasteiger partial charge < -0.3 is 0 Å². The first-order valence-corrected chi connectivity index (χ1v) is 7.91. The van der Waals surface area contributed by atoms with Crippen LogP contribution >= 0.6 is 11.3 Å². The summed E-state index contributed by atoms with van der Waals surface area (Å²) in [5.41, 5.74) is 2.40. The van der Waals surface area contributed by atoms with Gasteiger partial charge in [-0.25, -0.2) is 4.98 Å². The SMILES string of the molecule is CC(C)(C)c1nc2scc(-c3cccc([N+](=O)[O-])c3)n2c1C=O. The molecule has 0 aliphatic carbocycles. The van der Waals surface area contributed by atoms with Gasteiger partial charge in [0.05, 0.1) is 16.3 Å². The van der Waals surface area contributed by atoms with Crippen molar-refractivity contribution in [2.45, 2.75) is 26.2 Å². The zero-order valence-electron chi connectivity index (χ0n) is 12.9. The summed E-state index contributed by atoms with van der Waals surface area (Å²) in [7, 11) is 0. The fraction of sp³-hybridized carbons (Fsp3) is 0.250. The van der Waals surface area contributed by atoms with E-state index in [1.54, 1.807) is 16.5 Å². The zero-order valence-corrected chi connectivity index (χ0v) is 13.8. The van der Waals surface area contributed by atoms with Crippen LogP contribution in [0.5, 0.6) is 0 Å². The lowest BCUT2D eigenvalue weighted by Crippen LogP contribution is -2.14. The first-order chi connectivity index (χ1) is 10.8. The van der Waals surface area contributed by atoms with Gasteiger partial charge in [0.25, 0.3) is 5.69 Å². The highest BCUT2D eigenvalue weighted by Gasteiger charge is 2.26. The molecule has 2 heterocycles. The molecule has 2 aromatic heterocycles. The van der Waals surface area contributed by atoms with Crippen LogP contribution in [0, 0.1) is 10.1 Å². The number of hydrogen-bond donors (Lipinski definition) is 0. The van der Waals surface area contributed by atoms with Crippen LogP contribution in [0.4, 0.5) is 5.69 Å². The number of aromatic nitrogens is 2. The average Bonchev–Trinajstić information content (AvgIpc) is 3.05. The van der Waals surface area contributed by atoms with E-state index >= 15 is 0 Å². The second kappa shape index (κ2) is 5.27. The Morgan fingerprint density at radius 2 is 2.09 bits per heavy atom. The van der Waals surface area contributed by atoms with E-state index in [1.807, 2.05) is 26.2 Å². The Balaban J connectivity index is 2.27. The van der Waals surface area contributed by atoms with Gasteiger partial charge >= 0.3 is 0 Å². The van der Waals surface area contributed by atoms with Gasteiger partial charge in [-0.2, -0.15) is 0 Å². The largest absolute Gasteiger partial charge is 0.296 e. The van der Waals surface area contributed by atoms with Crippen molar-refractivity contribution in [1.82, 2.24) is 9.38 Å². The minimum absolute atomic E-state index is 0.0191. The Bertz CT molecular complexity index is 918. The summed E-state index contributed by atoms with van der Waals surface area (Å²) in [6.07, 6.45) is 0.800. The van der Waals surface area contributed by atoms with Gasteiger partial charge in [0.1, 0.15) is 5.69 Å². The molecule has 0 bridgehead atoms. The third-order valence-electron chi connectivity index (χ3n) is 3.57. The van der Waals surface area contributed by atoms with Crippen molar-refractivity contribution in [3.63, 3.8) is 0 Å². The molecule has 118 valence electrons. The van der Waals surface area contributed by atoms with Crippen molar-refractivity contribution < 1.29 is 9.72 Å². The number of carbonyl (C=O) groups is 1. The van der Waals surface area contributed by atoms with Crippen LogP contribution in [-0.4, -0.2) is 20.6 Å². The molecule has 0 saturated carbocycles. The first kappa shape index (κ1) is 15.4. The minimum Gasteiger partial charge on any atom is -0.296 e. The Morgan fingerprint density at radius 1 is 1.35 bits per heavy atom. The summed E-state index contributed by atoms with van der Waals surface area (Å²) in [6.45, 7) is 6.00. The van der Waals surface area contributed by atoms with Crippen molar-refractivity contribution in [2.75, 3.05) is 0 Å². The Labute approximate surface area is 136 Å². The number of thiazole rings is 1. The predicted molar refractivity (Wildman–Crippen MR) is 89.2 cm³/mol. The van der Waals surface area contributed by atoms with Crippen LogP contribution in [-0.2, 0) is 5.41 Å². The van der Waals surface area contributed by atoms with Gasteiger partial charge in [0.2, 0.25) is 0 Å². The first-order valence-electron chi connectivity index (χ1n) is 7.03. The summed E-state index contributed by atoms with van der Waals surface area (Å²) in [6, 6.07) is 6.38. The number of nitrogens with zero attached hydrogens (tertiary/aromatic N) is 3. The van der Waals surface area contributed by atoms with Crippen LogP contribution in [0.2, 0.25) is 0 Å². The lowest BCUT2D eigenvalue weighted by atomic mass is 9.91. The number of benzene rings is 1. The second-order valence-electron chi connectivity index (χ2n) is 6.26. The number of nitro benzene ring substituents is 1. The van der Waals surface area contributed by atoms with E-state index in [-0.39, 0.29) is 11.1 Å². The lowest BCUT2D eigenvalue weighted by Gasteiger charge is -2.16. The minimum atomic E-state index is -0.428. The standard InChI is InChI=1S/C16H15N3O3S/c1-16(2,3)14-12(8-20)18-13(9-23-15(18)17-14)10-5-4-6-11(7-10)19(21)22/h4-9H,1-3H3. The van der Waals surface area contributed by atoms with Crippen LogP contribution in [0.25, 0.3) is 16.2 Å². The average molecular weight is 329 g/mol. The summed E-state index contributed by atoms with van der Waals surface area (Å²) in [5, 5.41) is 12.8. The molecular formula is C16H15N3O3S. The summed E-state index contributed by atoms with van der Waals surface area (Å²) < 4.78 is 1.78. The third kappa shape index (κ3) is 2.53. The quantitative estimate of drug-likeness (QED) is 0.412. The molecule has 0 unspecified atom stereocenters. The number of hydrogen-bond acceptors (Lipinski definition) is 5. The molecule has 3 aromatic rings. The number of nitro groups is 1. The fourth-order valence-electron chi connectivity index (χ4n) is 2.52. The molecular weight excluding hydrogens is 314 g/mol. The highest BCUT2D eigenvalue weighted by molar-refractivity contribution is 7.15. The number of aldehydes is 1. The van der Waals surface area contributed by atoms with Gasteiger partial charge in [0.15, 0.2) is 11.2 Å². The Hall–Kier alpha value is -2.54. The molecule has 0 fully saturated rings. The maximum Gasteiger partial charge on any atom is 0.270 e. The van der Waals surface area contributed by atoms with E-state index in [4.69, 9.17) is 0 Å². The number of imidazole rings is 1. The van der Waals surface area contributed by atoms with Crippen LogP contribution < -0.4 is 0 Å². The molecule has 0 radical (unpaired) electrons. The van der Waals surface area contributed by atoms with E-state index in [2.05, 4.69) is 4.98 Å². The topological polar surface area (TPSA) is 77.5 Å². The van der Waals surface area contributed by atoms with Gasteiger partial charge in [-0.05, 0) is 0 Å². The molecule has 0 N–H and O–H groups in total. The molecule has 3 rings (SSSR count). The van der Waals surface area contributed by atoms with E-state index in [9.17, 15) is 14.9 Å². The molecule has 0 atom stereocenters. The van der Waals surface area contributed by atoms with Gasteiger partial charge in [-0.3, -0.25) is 19.3 Å². The predicted octanol–water partition coefficient (Wildman–Crippen LogP) is 4.08.